The maximum atomic E-state index is 12.5. The van der Waals surface area contributed by atoms with Crippen LogP contribution in [-0.2, 0) is 27.1 Å². The Kier molecular flexibility index (Phi) is 5.41. The summed E-state index contributed by atoms with van der Waals surface area (Å²) in [5.74, 6) is 0. The van der Waals surface area contributed by atoms with E-state index in [1.54, 1.807) is 6.07 Å². The number of likely N-dealkylation sites (tertiary alicyclic amines) is 1. The summed E-state index contributed by atoms with van der Waals surface area (Å²) in [6.07, 6.45) is 1.41. The van der Waals surface area contributed by atoms with Gasteiger partial charge in [-0.2, -0.15) is 12.6 Å². The van der Waals surface area contributed by atoms with E-state index in [1.807, 2.05) is 0 Å². The number of hydrogen-bond acceptors (Lipinski definition) is 4. The maximum absolute atomic E-state index is 12.5. The lowest BCUT2D eigenvalue weighted by Crippen LogP contribution is -2.40. The van der Waals surface area contributed by atoms with Crippen LogP contribution in [0.15, 0.2) is 23.1 Å². The molecular weight excluding hydrogens is 355 g/mol. The molecule has 25 heavy (non-hydrogen) atoms. The summed E-state index contributed by atoms with van der Waals surface area (Å²) in [6, 6.07) is 4.66. The molecule has 1 fully saturated rings. The van der Waals surface area contributed by atoms with Crippen molar-refractivity contribution in [3.8, 4) is 0 Å². The summed E-state index contributed by atoms with van der Waals surface area (Å²) in [7, 11) is -4.86. The average Bonchev–Trinajstić information content (AvgIpc) is 2.80. The molecule has 0 N–H and O–H groups in total. The third-order valence-electron chi connectivity index (χ3n) is 5.05. The molecule has 0 spiro atoms. The fourth-order valence-corrected chi connectivity index (χ4v) is 5.01. The van der Waals surface area contributed by atoms with E-state index in [4.69, 9.17) is 0 Å². The predicted molar refractivity (Wildman–Crippen MR) is 86.6 cm³/mol. The minimum atomic E-state index is -5.22. The number of alkyl halides is 3. The molecule has 0 radical (unpaired) electrons. The van der Waals surface area contributed by atoms with Crippen molar-refractivity contribution < 1.29 is 25.8 Å². The summed E-state index contributed by atoms with van der Waals surface area (Å²) in [5.41, 5.74) is 1.28. The van der Waals surface area contributed by atoms with Crippen molar-refractivity contribution in [2.75, 3.05) is 13.1 Å². The van der Waals surface area contributed by atoms with Crippen LogP contribution in [0.1, 0.15) is 43.2 Å². The lowest BCUT2D eigenvalue weighted by Gasteiger charge is -2.35. The maximum Gasteiger partial charge on any atom is 0.537 e. The molecule has 1 aliphatic carbocycles. The van der Waals surface area contributed by atoms with Crippen molar-refractivity contribution in [1.29, 1.82) is 0 Å². The molecule has 1 aromatic carbocycles. The second kappa shape index (κ2) is 7.25. The van der Waals surface area contributed by atoms with Crippen molar-refractivity contribution in [2.45, 2.75) is 62.2 Å². The van der Waals surface area contributed by atoms with Crippen molar-refractivity contribution in [3.05, 3.63) is 29.3 Å². The van der Waals surface area contributed by atoms with E-state index in [1.165, 1.54) is 25.0 Å². The Morgan fingerprint density at radius 1 is 1.08 bits per heavy atom. The van der Waals surface area contributed by atoms with Gasteiger partial charge in [0, 0.05) is 6.04 Å². The molecule has 3 rings (SSSR count). The summed E-state index contributed by atoms with van der Waals surface area (Å²) in [6.45, 7) is 1.93. The highest BCUT2D eigenvalue weighted by molar-refractivity contribution is 7.86. The molecule has 2 aliphatic rings. The first-order chi connectivity index (χ1) is 11.8. The van der Waals surface area contributed by atoms with Gasteiger partial charge < -0.3 is 4.90 Å². The van der Waals surface area contributed by atoms with Gasteiger partial charge in [-0.1, -0.05) is 25.0 Å². The van der Waals surface area contributed by atoms with E-state index in [0.717, 1.165) is 37.9 Å². The van der Waals surface area contributed by atoms with E-state index >= 15 is 0 Å². The monoisotopic (exact) mass is 377 g/mol. The Labute approximate surface area is 146 Å². The van der Waals surface area contributed by atoms with E-state index in [-0.39, 0.29) is 10.9 Å². The highest BCUT2D eigenvalue weighted by Gasteiger charge is 2.39. The van der Waals surface area contributed by atoms with Crippen molar-refractivity contribution in [3.63, 3.8) is 0 Å². The van der Waals surface area contributed by atoms with Gasteiger partial charge in [0.2, 0.25) is 0 Å². The zero-order valence-electron chi connectivity index (χ0n) is 13.9. The van der Waals surface area contributed by atoms with E-state index in [2.05, 4.69) is 9.08 Å². The standard InChI is InChI=1S/C17H22F3NO3S/c18-17(19,20)24-25(22,23)16-7-5-6-13-8-9-14(12-15(13)16)21-10-3-1-2-4-11-21/h5-7,14H,1-4,8-12H2. The van der Waals surface area contributed by atoms with Gasteiger partial charge in [-0.3, -0.25) is 0 Å². The minimum Gasteiger partial charge on any atom is -0.300 e. The Hall–Kier alpha value is -1.12. The molecule has 1 saturated heterocycles. The van der Waals surface area contributed by atoms with Crippen LogP contribution in [0.2, 0.25) is 0 Å². The number of hydrogen-bond donors (Lipinski definition) is 0. The lowest BCUT2D eigenvalue weighted by molar-refractivity contribution is -0.271. The van der Waals surface area contributed by atoms with Crippen molar-refractivity contribution >= 4 is 10.1 Å². The zero-order valence-corrected chi connectivity index (χ0v) is 14.7. The Morgan fingerprint density at radius 3 is 2.40 bits per heavy atom. The van der Waals surface area contributed by atoms with Crippen LogP contribution in [0, 0.1) is 0 Å². The Balaban J connectivity index is 1.88. The van der Waals surface area contributed by atoms with Crippen molar-refractivity contribution in [2.24, 2.45) is 0 Å². The molecule has 0 bridgehead atoms. The number of nitrogens with zero attached hydrogens (tertiary/aromatic N) is 1. The van der Waals surface area contributed by atoms with Crippen LogP contribution < -0.4 is 0 Å². The van der Waals surface area contributed by atoms with Crippen LogP contribution >= 0.6 is 0 Å². The number of rotatable bonds is 3. The van der Waals surface area contributed by atoms with E-state index in [0.29, 0.717) is 18.4 Å². The second-order valence-electron chi connectivity index (χ2n) is 6.72. The average molecular weight is 377 g/mol. The second-order valence-corrected chi connectivity index (χ2v) is 8.24. The van der Waals surface area contributed by atoms with Gasteiger partial charge in [0.05, 0.1) is 4.90 Å². The normalized spacial score (nSPS) is 23.1. The van der Waals surface area contributed by atoms with Gasteiger partial charge in [-0.15, -0.1) is 13.2 Å². The summed E-state index contributed by atoms with van der Waals surface area (Å²) >= 11 is 0. The van der Waals surface area contributed by atoms with Crippen molar-refractivity contribution in [1.82, 2.24) is 4.90 Å². The van der Waals surface area contributed by atoms with E-state index < -0.39 is 16.5 Å². The van der Waals surface area contributed by atoms with Crippen LogP contribution in [0.5, 0.6) is 0 Å². The minimum absolute atomic E-state index is 0.174. The summed E-state index contributed by atoms with van der Waals surface area (Å²) in [5, 5.41) is 0. The highest BCUT2D eigenvalue weighted by Crippen LogP contribution is 2.33. The summed E-state index contributed by atoms with van der Waals surface area (Å²) in [4.78, 5) is 2.02. The van der Waals surface area contributed by atoms with Gasteiger partial charge >= 0.3 is 16.5 Å². The Bertz CT molecular complexity index is 710. The van der Waals surface area contributed by atoms with Gasteiger partial charge in [0.25, 0.3) is 0 Å². The topological polar surface area (TPSA) is 46.6 Å². The SMILES string of the molecule is O=S(=O)(OC(F)(F)F)c1cccc2c1CC(N1CCCCCC1)CC2. The molecular formula is C17H22F3NO3S. The quantitative estimate of drug-likeness (QED) is 0.755. The molecule has 1 atom stereocenters. The fraction of sp³-hybridized carbons (Fsp3) is 0.647. The van der Waals surface area contributed by atoms with Gasteiger partial charge in [-0.05, 0) is 62.4 Å². The smallest absolute Gasteiger partial charge is 0.300 e. The van der Waals surface area contributed by atoms with E-state index in [9.17, 15) is 21.6 Å². The lowest BCUT2D eigenvalue weighted by atomic mass is 9.87. The number of fused-ring (bicyclic) bond motifs is 1. The zero-order chi connectivity index (χ0) is 18.1. The predicted octanol–water partition coefficient (Wildman–Crippen LogP) is 3.65. The third-order valence-corrected chi connectivity index (χ3v) is 6.38. The van der Waals surface area contributed by atoms with Crippen LogP contribution in [0.3, 0.4) is 0 Å². The number of benzene rings is 1. The molecule has 0 aromatic heterocycles. The number of halogens is 3. The molecule has 140 valence electrons. The molecule has 1 aliphatic heterocycles. The Morgan fingerprint density at radius 2 is 1.76 bits per heavy atom. The first-order valence-electron chi connectivity index (χ1n) is 8.63. The highest BCUT2D eigenvalue weighted by atomic mass is 32.2. The van der Waals surface area contributed by atoms with Gasteiger partial charge in [0.15, 0.2) is 0 Å². The van der Waals surface area contributed by atoms with Crippen LogP contribution in [0.25, 0.3) is 0 Å². The molecule has 8 heteroatoms. The van der Waals surface area contributed by atoms with Crippen LogP contribution in [-0.4, -0.2) is 38.8 Å². The van der Waals surface area contributed by atoms with Gasteiger partial charge in [-0.25, -0.2) is 0 Å². The molecule has 0 amide bonds. The summed E-state index contributed by atoms with van der Waals surface area (Å²) < 4.78 is 65.1. The van der Waals surface area contributed by atoms with Gasteiger partial charge in [0.1, 0.15) is 0 Å². The first kappa shape index (κ1) is 18.7. The fourth-order valence-electron chi connectivity index (χ4n) is 3.91. The third kappa shape index (κ3) is 4.54. The number of aryl methyl sites for hydroxylation is 1. The molecule has 4 nitrogen and oxygen atoms in total. The first-order valence-corrected chi connectivity index (χ1v) is 10.0. The molecule has 1 heterocycles. The largest absolute Gasteiger partial charge is 0.537 e. The molecule has 1 unspecified atom stereocenters. The molecule has 0 saturated carbocycles. The molecule has 1 aromatic rings. The van der Waals surface area contributed by atoms with Crippen LogP contribution in [0.4, 0.5) is 13.2 Å².